The van der Waals surface area contributed by atoms with Crippen LogP contribution >= 0.6 is 46.4 Å². The van der Waals surface area contributed by atoms with Gasteiger partial charge in [-0.05, 0) is 156 Å². The lowest BCUT2D eigenvalue weighted by Gasteiger charge is -2.20. The molecular formula is C50H72Cl4N6O. The van der Waals surface area contributed by atoms with E-state index in [0.717, 1.165) is 31.7 Å². The van der Waals surface area contributed by atoms with E-state index in [-0.39, 0.29) is 0 Å². The maximum atomic E-state index is 10.2. The van der Waals surface area contributed by atoms with Crippen molar-refractivity contribution in [2.24, 2.45) is 10.7 Å². The van der Waals surface area contributed by atoms with Crippen LogP contribution in [0.25, 0.3) is 0 Å². The van der Waals surface area contributed by atoms with Crippen molar-refractivity contribution < 1.29 is 4.79 Å². The first-order valence-electron chi connectivity index (χ1n) is 22.2. The Balaban J connectivity index is 0.000000356. The second-order valence-electron chi connectivity index (χ2n) is 15.2. The van der Waals surface area contributed by atoms with Crippen molar-refractivity contribution in [3.05, 3.63) is 138 Å². The maximum Gasteiger partial charge on any atom is 0.151 e. The quantitative estimate of drug-likeness (QED) is 0.0314. The predicted molar refractivity (Wildman–Crippen MR) is 266 cm³/mol. The molecule has 0 bridgehead atoms. The summed E-state index contributed by atoms with van der Waals surface area (Å²) in [6.07, 6.45) is 12.5. The summed E-state index contributed by atoms with van der Waals surface area (Å²) in [5.74, 6) is 0. The SMILES string of the molecule is CCCN(CCC)CCCCNCc1ccc(CN)cc1.CCCN(CCC)CCCCNCc1ccc(CN=Cc2ccc(Cl)cc2Cl)cc1.O=Cc1ccc(Cl)cc1Cl. The molecule has 4 aromatic carbocycles. The van der Waals surface area contributed by atoms with Crippen molar-refractivity contribution >= 4 is 58.9 Å². The van der Waals surface area contributed by atoms with Crippen LogP contribution in [0, 0.1) is 0 Å². The van der Waals surface area contributed by atoms with Crippen LogP contribution in [0.3, 0.4) is 0 Å². The molecule has 7 nitrogen and oxygen atoms in total. The van der Waals surface area contributed by atoms with Crippen LogP contribution in [0.4, 0.5) is 0 Å². The zero-order valence-electron chi connectivity index (χ0n) is 37.2. The molecule has 4 aromatic rings. The number of halogens is 4. The number of carbonyl (C=O) groups is 1. The van der Waals surface area contributed by atoms with Gasteiger partial charge in [0.05, 0.1) is 16.6 Å². The summed E-state index contributed by atoms with van der Waals surface area (Å²) in [6.45, 7) is 21.8. The molecule has 0 aliphatic heterocycles. The number of nitrogens with one attached hydrogen (secondary N) is 2. The maximum absolute atomic E-state index is 10.2. The zero-order valence-corrected chi connectivity index (χ0v) is 40.2. The Labute approximate surface area is 388 Å². The van der Waals surface area contributed by atoms with E-state index in [1.807, 2.05) is 12.1 Å². The topological polar surface area (TPSA) is 86.0 Å². The lowest BCUT2D eigenvalue weighted by Crippen LogP contribution is -2.27. The molecule has 0 amide bonds. The van der Waals surface area contributed by atoms with Gasteiger partial charge in [0.2, 0.25) is 0 Å². The highest BCUT2D eigenvalue weighted by Gasteiger charge is 2.04. The summed E-state index contributed by atoms with van der Waals surface area (Å²) in [6, 6.07) is 27.4. The molecule has 0 aromatic heterocycles. The van der Waals surface area contributed by atoms with Crippen molar-refractivity contribution in [2.45, 2.75) is 105 Å². The number of unbranched alkanes of at least 4 members (excludes halogenated alkanes) is 2. The summed E-state index contributed by atoms with van der Waals surface area (Å²) in [5, 5.41) is 9.27. The molecular weight excluding hydrogens is 842 g/mol. The van der Waals surface area contributed by atoms with Crippen LogP contribution in [0.2, 0.25) is 20.1 Å². The fourth-order valence-electron chi connectivity index (χ4n) is 6.58. The average molecular weight is 915 g/mol. The van der Waals surface area contributed by atoms with Crippen molar-refractivity contribution in [1.29, 1.82) is 0 Å². The molecule has 0 fully saturated rings. The van der Waals surface area contributed by atoms with Crippen LogP contribution in [-0.2, 0) is 26.2 Å². The molecule has 0 saturated carbocycles. The largest absolute Gasteiger partial charge is 0.326 e. The van der Waals surface area contributed by atoms with E-state index in [9.17, 15) is 4.79 Å². The summed E-state index contributed by atoms with van der Waals surface area (Å²) in [4.78, 5) is 19.9. The molecule has 0 atom stereocenters. The molecule has 0 saturated heterocycles. The van der Waals surface area contributed by atoms with Crippen LogP contribution in [0.1, 0.15) is 117 Å². The first-order chi connectivity index (χ1) is 29.6. The molecule has 11 heteroatoms. The minimum atomic E-state index is 0.391. The van der Waals surface area contributed by atoms with Gasteiger partial charge in [-0.25, -0.2) is 0 Å². The van der Waals surface area contributed by atoms with Crippen LogP contribution in [0.15, 0.2) is 89.9 Å². The summed E-state index contributed by atoms with van der Waals surface area (Å²) < 4.78 is 0. The molecule has 4 rings (SSSR count). The van der Waals surface area contributed by atoms with E-state index in [4.69, 9.17) is 52.1 Å². The van der Waals surface area contributed by atoms with E-state index >= 15 is 0 Å². The standard InChI is InChI=1S/C25H35Cl2N3.C18H33N3.C7H4Cl2O/c1-3-14-30(15-4-2)16-6-5-13-28-18-21-7-9-22(10-8-21)19-29-20-23-11-12-24(26)17-25(23)27;1-3-12-21(13-4-2)14-6-5-11-20-16-18-9-7-17(15-19)8-10-18;8-6-2-1-5(4-10)7(9)3-6/h7-12,17,20,28H,3-6,13-16,18-19H2,1-2H3;7-10,20H,3-6,11-16,19H2,1-2H3;1-4H. The van der Waals surface area contributed by atoms with E-state index in [0.29, 0.717) is 45.0 Å². The number of hydrogen-bond acceptors (Lipinski definition) is 7. The minimum absolute atomic E-state index is 0.391. The first kappa shape index (κ1) is 54.3. The van der Waals surface area contributed by atoms with Gasteiger partial charge in [-0.15, -0.1) is 0 Å². The summed E-state index contributed by atoms with van der Waals surface area (Å²) in [5.41, 5.74) is 12.0. The number of hydrogen-bond donors (Lipinski definition) is 3. The third-order valence-electron chi connectivity index (χ3n) is 9.81. The molecule has 0 heterocycles. The van der Waals surface area contributed by atoms with E-state index in [1.165, 1.54) is 119 Å². The Kier molecular flexibility index (Phi) is 30.8. The van der Waals surface area contributed by atoms with E-state index in [2.05, 4.69) is 102 Å². The van der Waals surface area contributed by atoms with Crippen LogP contribution < -0.4 is 16.4 Å². The van der Waals surface area contributed by atoms with Gasteiger partial charge >= 0.3 is 0 Å². The summed E-state index contributed by atoms with van der Waals surface area (Å²) >= 11 is 23.3. The third-order valence-corrected chi connectivity index (χ3v) is 10.9. The van der Waals surface area contributed by atoms with E-state index < -0.39 is 0 Å². The Morgan fingerprint density at radius 1 is 0.541 bits per heavy atom. The number of carbonyl (C=O) groups excluding carboxylic acids is 1. The van der Waals surface area contributed by atoms with E-state index in [1.54, 1.807) is 24.4 Å². The highest BCUT2D eigenvalue weighted by atomic mass is 35.5. The van der Waals surface area contributed by atoms with Crippen LogP contribution in [0.5, 0.6) is 0 Å². The second-order valence-corrected chi connectivity index (χ2v) is 16.9. The number of benzene rings is 4. The monoisotopic (exact) mass is 912 g/mol. The third kappa shape index (κ3) is 25.2. The first-order valence-corrected chi connectivity index (χ1v) is 23.7. The Morgan fingerprint density at radius 2 is 0.951 bits per heavy atom. The zero-order chi connectivity index (χ0) is 44.5. The smallest absolute Gasteiger partial charge is 0.151 e. The minimum Gasteiger partial charge on any atom is -0.326 e. The molecule has 0 spiro atoms. The normalized spacial score (nSPS) is 11.1. The molecule has 0 unspecified atom stereocenters. The number of aliphatic imine (C=N–C) groups is 1. The second kappa shape index (κ2) is 34.6. The lowest BCUT2D eigenvalue weighted by molar-refractivity contribution is 0.112. The van der Waals surface area contributed by atoms with Gasteiger partial charge < -0.3 is 26.2 Å². The van der Waals surface area contributed by atoms with Crippen molar-refractivity contribution in [2.75, 3.05) is 52.4 Å². The molecule has 336 valence electrons. The van der Waals surface area contributed by atoms with Gasteiger partial charge in [0.1, 0.15) is 0 Å². The van der Waals surface area contributed by atoms with Gasteiger partial charge in [0.15, 0.2) is 6.29 Å². The highest BCUT2D eigenvalue weighted by molar-refractivity contribution is 6.36. The van der Waals surface area contributed by atoms with Crippen LogP contribution in [-0.4, -0.2) is 74.7 Å². The van der Waals surface area contributed by atoms with Crippen molar-refractivity contribution in [3.63, 3.8) is 0 Å². The molecule has 61 heavy (non-hydrogen) atoms. The Hall–Kier alpha value is -2.82. The Bertz CT molecular complexity index is 1740. The number of nitrogens with two attached hydrogens (primary N) is 1. The van der Waals surface area contributed by atoms with Gasteiger partial charge in [-0.3, -0.25) is 9.79 Å². The number of nitrogens with zero attached hydrogens (tertiary/aromatic N) is 3. The summed E-state index contributed by atoms with van der Waals surface area (Å²) in [7, 11) is 0. The van der Waals surface area contributed by atoms with Gasteiger partial charge in [0.25, 0.3) is 0 Å². The Morgan fingerprint density at radius 3 is 1.34 bits per heavy atom. The molecule has 4 N–H and O–H groups in total. The molecule has 0 aliphatic carbocycles. The molecule has 0 radical (unpaired) electrons. The van der Waals surface area contributed by atoms with Gasteiger partial charge in [0, 0.05) is 47.0 Å². The fourth-order valence-corrected chi connectivity index (χ4v) is 7.49. The predicted octanol–water partition coefficient (Wildman–Crippen LogP) is 12.5. The molecule has 0 aliphatic rings. The number of rotatable bonds is 27. The van der Waals surface area contributed by atoms with Crippen molar-refractivity contribution in [3.8, 4) is 0 Å². The van der Waals surface area contributed by atoms with Gasteiger partial charge in [-0.2, -0.15) is 0 Å². The fraction of sp³-hybridized carbons (Fsp3) is 0.480. The lowest BCUT2D eigenvalue weighted by atomic mass is 10.1. The number of aldehydes is 1. The van der Waals surface area contributed by atoms with Crippen molar-refractivity contribution in [1.82, 2.24) is 20.4 Å². The highest BCUT2D eigenvalue weighted by Crippen LogP contribution is 2.20. The van der Waals surface area contributed by atoms with Gasteiger partial charge in [-0.1, -0.05) is 129 Å². The average Bonchev–Trinajstić information content (AvgIpc) is 3.25.